The van der Waals surface area contributed by atoms with E-state index >= 15 is 0 Å². The molecule has 0 saturated heterocycles. The van der Waals surface area contributed by atoms with Crippen molar-refractivity contribution in [1.29, 1.82) is 0 Å². The van der Waals surface area contributed by atoms with Gasteiger partial charge >= 0.3 is 5.97 Å². The number of ether oxygens (including phenoxy) is 1. The molecule has 0 saturated carbocycles. The molecule has 0 radical (unpaired) electrons. The molecule has 1 heterocycles. The molecule has 1 aliphatic rings. The maximum atomic E-state index is 12.4. The molecule has 0 aromatic heterocycles. The molecule has 1 N–H and O–H groups in total. The van der Waals surface area contributed by atoms with Gasteiger partial charge < -0.3 is 15.0 Å². The number of fused-ring (bicyclic) bond motifs is 1. The Balaban J connectivity index is 1.55. The summed E-state index contributed by atoms with van der Waals surface area (Å²) in [6.45, 7) is 3.27. The van der Waals surface area contributed by atoms with Gasteiger partial charge in [-0.2, -0.15) is 0 Å². The number of allylic oxidation sites excluding steroid dienone is 1. The van der Waals surface area contributed by atoms with E-state index in [0.29, 0.717) is 5.02 Å². The lowest BCUT2D eigenvalue weighted by atomic mass is 9.83. The van der Waals surface area contributed by atoms with Gasteiger partial charge in [-0.25, -0.2) is 0 Å². The van der Waals surface area contributed by atoms with Crippen LogP contribution in [-0.2, 0) is 19.7 Å². The van der Waals surface area contributed by atoms with E-state index in [1.54, 1.807) is 0 Å². The number of nitrogens with one attached hydrogen (secondary N) is 1. The van der Waals surface area contributed by atoms with Gasteiger partial charge in [0.15, 0.2) is 12.4 Å². The molecular formula is C23H22Cl2N2O4. The van der Waals surface area contributed by atoms with Gasteiger partial charge in [0.05, 0.1) is 10.6 Å². The molecule has 0 unspecified atom stereocenters. The van der Waals surface area contributed by atoms with Crippen molar-refractivity contribution in [1.82, 2.24) is 5.32 Å². The monoisotopic (exact) mass is 460 g/mol. The number of carbonyl (C=O) groups is 3. The van der Waals surface area contributed by atoms with Gasteiger partial charge in [0.2, 0.25) is 0 Å². The molecule has 2 aromatic carbocycles. The van der Waals surface area contributed by atoms with E-state index in [9.17, 15) is 14.4 Å². The zero-order valence-corrected chi connectivity index (χ0v) is 18.9. The van der Waals surface area contributed by atoms with Crippen LogP contribution in [0.3, 0.4) is 0 Å². The van der Waals surface area contributed by atoms with Gasteiger partial charge in [-0.3, -0.25) is 14.4 Å². The first-order valence-electron chi connectivity index (χ1n) is 9.58. The summed E-state index contributed by atoms with van der Waals surface area (Å²) in [5.74, 6) is -1.62. The number of nitrogens with zero attached hydrogens (tertiary/aromatic N) is 1. The van der Waals surface area contributed by atoms with Crippen LogP contribution in [0.4, 0.5) is 5.69 Å². The Kier molecular flexibility index (Phi) is 6.72. The number of benzene rings is 2. The van der Waals surface area contributed by atoms with Gasteiger partial charge in [0.25, 0.3) is 5.91 Å². The zero-order chi connectivity index (χ0) is 22.8. The van der Waals surface area contributed by atoms with Gasteiger partial charge in [-0.1, -0.05) is 55.2 Å². The van der Waals surface area contributed by atoms with Crippen LogP contribution < -0.4 is 10.2 Å². The molecular weight excluding hydrogens is 439 g/mol. The lowest BCUT2D eigenvalue weighted by molar-refractivity contribution is -0.145. The number of halogens is 2. The van der Waals surface area contributed by atoms with Gasteiger partial charge in [-0.15, -0.1) is 0 Å². The molecule has 6 nitrogen and oxygen atoms in total. The number of esters is 1. The third-order valence-corrected chi connectivity index (χ3v) is 5.73. The van der Waals surface area contributed by atoms with E-state index in [-0.39, 0.29) is 21.8 Å². The second kappa shape index (κ2) is 9.12. The number of anilines is 1. The van der Waals surface area contributed by atoms with E-state index in [1.165, 1.54) is 24.3 Å². The van der Waals surface area contributed by atoms with Crippen LogP contribution in [0.25, 0.3) is 0 Å². The van der Waals surface area contributed by atoms with Crippen LogP contribution in [-0.4, -0.2) is 37.9 Å². The number of carbonyl (C=O) groups excluding carboxylic acids is 3. The van der Waals surface area contributed by atoms with E-state index in [0.717, 1.165) is 16.9 Å². The van der Waals surface area contributed by atoms with Crippen molar-refractivity contribution in [3.8, 4) is 0 Å². The number of rotatable bonds is 6. The van der Waals surface area contributed by atoms with Crippen molar-refractivity contribution in [3.63, 3.8) is 0 Å². The molecule has 31 heavy (non-hydrogen) atoms. The van der Waals surface area contributed by atoms with Gasteiger partial charge in [0.1, 0.15) is 6.54 Å². The quantitative estimate of drug-likeness (QED) is 0.517. The number of amides is 1. The van der Waals surface area contributed by atoms with Crippen LogP contribution in [0.5, 0.6) is 0 Å². The van der Waals surface area contributed by atoms with E-state index in [1.807, 2.05) is 50.1 Å². The van der Waals surface area contributed by atoms with E-state index in [4.69, 9.17) is 27.9 Å². The number of likely N-dealkylation sites (N-methyl/N-ethyl adjacent to an activating group) is 1. The average molecular weight is 461 g/mol. The second-order valence-corrected chi connectivity index (χ2v) is 8.51. The van der Waals surface area contributed by atoms with Crippen molar-refractivity contribution in [3.05, 3.63) is 75.4 Å². The Morgan fingerprint density at radius 1 is 1.13 bits per heavy atom. The van der Waals surface area contributed by atoms with Crippen LogP contribution in [0, 0.1) is 0 Å². The number of para-hydroxylation sites is 1. The van der Waals surface area contributed by atoms with Gasteiger partial charge in [0, 0.05) is 34.9 Å². The normalized spacial score (nSPS) is 15.5. The second-order valence-electron chi connectivity index (χ2n) is 7.66. The number of hydrogen-bond acceptors (Lipinski definition) is 5. The molecule has 1 aliphatic heterocycles. The van der Waals surface area contributed by atoms with E-state index in [2.05, 4.69) is 5.32 Å². The predicted molar refractivity (Wildman–Crippen MR) is 121 cm³/mol. The minimum Gasteiger partial charge on any atom is -0.456 e. The molecule has 162 valence electrons. The third kappa shape index (κ3) is 4.92. The maximum Gasteiger partial charge on any atom is 0.325 e. The molecule has 2 aromatic rings. The van der Waals surface area contributed by atoms with Gasteiger partial charge in [-0.05, 0) is 29.8 Å². The van der Waals surface area contributed by atoms with Crippen molar-refractivity contribution in [2.75, 3.05) is 25.1 Å². The highest BCUT2D eigenvalue weighted by atomic mass is 35.5. The molecule has 1 amide bonds. The van der Waals surface area contributed by atoms with E-state index < -0.39 is 25.0 Å². The summed E-state index contributed by atoms with van der Waals surface area (Å²) < 4.78 is 5.01. The molecule has 0 bridgehead atoms. The summed E-state index contributed by atoms with van der Waals surface area (Å²) in [5, 5.41) is 2.98. The third-order valence-electron chi connectivity index (χ3n) is 5.18. The SMILES string of the molecule is CN1/C(=C\C(=O)COC(=O)CNC(=O)c2ccc(Cl)cc2Cl)C(C)(C)c2ccccc21. The summed E-state index contributed by atoms with van der Waals surface area (Å²) in [5.41, 5.74) is 2.81. The fourth-order valence-corrected chi connectivity index (χ4v) is 4.07. The van der Waals surface area contributed by atoms with Crippen LogP contribution in [0.2, 0.25) is 10.0 Å². The van der Waals surface area contributed by atoms with Crippen molar-refractivity contribution >= 4 is 46.5 Å². The summed E-state index contributed by atoms with van der Waals surface area (Å²) >= 11 is 11.8. The maximum absolute atomic E-state index is 12.4. The summed E-state index contributed by atoms with van der Waals surface area (Å²) in [7, 11) is 1.90. The standard InChI is InChI=1S/C23H22Cl2N2O4/c1-23(2)17-6-4-5-7-19(17)27(3)20(23)11-15(28)13-31-21(29)12-26-22(30)16-9-8-14(24)10-18(16)25/h4-11H,12-13H2,1-3H3,(H,26,30)/b20-11-. The molecule has 0 spiro atoms. The Hall–Kier alpha value is -2.83. The highest BCUT2D eigenvalue weighted by Gasteiger charge is 2.38. The largest absolute Gasteiger partial charge is 0.456 e. The summed E-state index contributed by atoms with van der Waals surface area (Å²) in [6, 6.07) is 12.4. The Bertz CT molecular complexity index is 1080. The minimum atomic E-state index is -0.729. The first-order chi connectivity index (χ1) is 14.6. The lowest BCUT2D eigenvalue weighted by Gasteiger charge is -2.23. The fourth-order valence-electron chi connectivity index (χ4n) is 3.58. The van der Waals surface area contributed by atoms with Crippen molar-refractivity contribution in [2.45, 2.75) is 19.3 Å². The smallest absolute Gasteiger partial charge is 0.325 e. The summed E-state index contributed by atoms with van der Waals surface area (Å²) in [6.07, 6.45) is 1.50. The minimum absolute atomic E-state index is 0.171. The molecule has 3 rings (SSSR count). The number of hydrogen-bond donors (Lipinski definition) is 1. The predicted octanol–water partition coefficient (Wildman–Crippen LogP) is 4.15. The molecule has 8 heteroatoms. The highest BCUT2D eigenvalue weighted by Crippen LogP contribution is 2.46. The summed E-state index contributed by atoms with van der Waals surface area (Å²) in [4.78, 5) is 38.5. The first-order valence-corrected chi connectivity index (χ1v) is 10.3. The van der Waals surface area contributed by atoms with Crippen molar-refractivity contribution < 1.29 is 19.1 Å². The Morgan fingerprint density at radius 2 is 1.84 bits per heavy atom. The average Bonchev–Trinajstić information content (AvgIpc) is 2.91. The van der Waals surface area contributed by atoms with Crippen molar-refractivity contribution in [2.24, 2.45) is 0 Å². The lowest BCUT2D eigenvalue weighted by Crippen LogP contribution is -2.31. The highest BCUT2D eigenvalue weighted by molar-refractivity contribution is 6.36. The topological polar surface area (TPSA) is 75.7 Å². The van der Waals surface area contributed by atoms with Crippen LogP contribution in [0.15, 0.2) is 54.2 Å². The van der Waals surface area contributed by atoms with Crippen LogP contribution in [0.1, 0.15) is 29.8 Å². The fraction of sp³-hybridized carbons (Fsp3) is 0.261. The Morgan fingerprint density at radius 3 is 2.52 bits per heavy atom. The zero-order valence-electron chi connectivity index (χ0n) is 17.4. The molecule has 0 aliphatic carbocycles. The Labute approximate surface area is 190 Å². The molecule has 0 fully saturated rings. The van der Waals surface area contributed by atoms with Crippen LogP contribution >= 0.6 is 23.2 Å². The number of ketones is 1. The molecule has 0 atom stereocenters. The first kappa shape index (κ1) is 22.8.